The highest BCUT2D eigenvalue weighted by Gasteiger charge is 2.42. The quantitative estimate of drug-likeness (QED) is 0.777. The zero-order valence-electron chi connectivity index (χ0n) is 9.09. The van der Waals surface area contributed by atoms with Gasteiger partial charge in [0, 0.05) is 11.5 Å². The molecule has 0 heterocycles. The fraction of sp³-hybridized carbons (Fsp3) is 0.636. The molecule has 1 saturated carbocycles. The Morgan fingerprint density at radius 3 is 2.38 bits per heavy atom. The van der Waals surface area contributed by atoms with Crippen molar-refractivity contribution in [1.82, 2.24) is 5.32 Å². The number of rotatable bonds is 5. The van der Waals surface area contributed by atoms with Crippen molar-refractivity contribution in [2.75, 3.05) is 6.54 Å². The molecule has 5 heteroatoms. The molecule has 1 amide bonds. The second kappa shape index (κ2) is 5.34. The number of halogens is 1. The standard InChI is InChI=1S/C11H16ClNO3/c1-8(12)7-13-9(14)6-11(10(15)16)4-2-3-5-11/h1-7H2,(H,13,14)(H,15,16). The number of carbonyl (C=O) groups excluding carboxylic acids is 1. The topological polar surface area (TPSA) is 66.4 Å². The van der Waals surface area contributed by atoms with E-state index in [-0.39, 0.29) is 18.9 Å². The van der Waals surface area contributed by atoms with Crippen molar-refractivity contribution in [2.24, 2.45) is 5.41 Å². The molecule has 0 aromatic carbocycles. The van der Waals surface area contributed by atoms with Gasteiger partial charge in [-0.3, -0.25) is 9.59 Å². The monoisotopic (exact) mass is 245 g/mol. The molecule has 2 N–H and O–H groups in total. The number of nitrogens with one attached hydrogen (secondary N) is 1. The third-order valence-electron chi connectivity index (χ3n) is 2.99. The highest BCUT2D eigenvalue weighted by molar-refractivity contribution is 6.29. The lowest BCUT2D eigenvalue weighted by Gasteiger charge is -2.22. The lowest BCUT2D eigenvalue weighted by molar-refractivity contribution is -0.151. The van der Waals surface area contributed by atoms with E-state index >= 15 is 0 Å². The number of hydrogen-bond acceptors (Lipinski definition) is 2. The Kier molecular flexibility index (Phi) is 4.35. The van der Waals surface area contributed by atoms with E-state index in [4.69, 9.17) is 16.7 Å². The molecule has 0 saturated heterocycles. The van der Waals surface area contributed by atoms with Crippen LogP contribution in [0.2, 0.25) is 0 Å². The smallest absolute Gasteiger partial charge is 0.310 e. The number of carboxylic acids is 1. The lowest BCUT2D eigenvalue weighted by atomic mass is 9.82. The van der Waals surface area contributed by atoms with Crippen LogP contribution in [0.1, 0.15) is 32.1 Å². The zero-order chi connectivity index (χ0) is 12.2. The maximum absolute atomic E-state index is 11.5. The molecule has 0 bridgehead atoms. The number of hydrogen-bond donors (Lipinski definition) is 2. The first-order valence-corrected chi connectivity index (χ1v) is 5.67. The average molecular weight is 246 g/mol. The summed E-state index contributed by atoms with van der Waals surface area (Å²) in [6.45, 7) is 3.64. The van der Waals surface area contributed by atoms with E-state index in [0.717, 1.165) is 12.8 Å². The van der Waals surface area contributed by atoms with Gasteiger partial charge in [-0.15, -0.1) is 0 Å². The van der Waals surface area contributed by atoms with Crippen molar-refractivity contribution in [3.05, 3.63) is 11.6 Å². The summed E-state index contributed by atoms with van der Waals surface area (Å²) in [4.78, 5) is 22.7. The van der Waals surface area contributed by atoms with Gasteiger partial charge < -0.3 is 10.4 Å². The van der Waals surface area contributed by atoms with Crippen LogP contribution in [0, 0.1) is 5.41 Å². The largest absolute Gasteiger partial charge is 0.481 e. The number of carbonyl (C=O) groups is 2. The maximum atomic E-state index is 11.5. The summed E-state index contributed by atoms with van der Waals surface area (Å²) in [5.41, 5.74) is -0.863. The van der Waals surface area contributed by atoms with Gasteiger partial charge in [-0.05, 0) is 12.8 Å². The zero-order valence-corrected chi connectivity index (χ0v) is 9.85. The highest BCUT2D eigenvalue weighted by Crippen LogP contribution is 2.41. The van der Waals surface area contributed by atoms with Crippen LogP contribution in [0.4, 0.5) is 0 Å². The molecule has 1 aliphatic carbocycles. The molecule has 90 valence electrons. The summed E-state index contributed by atoms with van der Waals surface area (Å²) >= 11 is 5.51. The van der Waals surface area contributed by atoms with E-state index in [1.807, 2.05) is 0 Å². The van der Waals surface area contributed by atoms with Gasteiger partial charge in [0.2, 0.25) is 5.91 Å². The van der Waals surface area contributed by atoms with Crippen LogP contribution < -0.4 is 5.32 Å². The summed E-state index contributed by atoms with van der Waals surface area (Å²) in [5.74, 6) is -1.14. The molecule has 0 aromatic heterocycles. The molecule has 16 heavy (non-hydrogen) atoms. The van der Waals surface area contributed by atoms with Crippen LogP contribution in [0.25, 0.3) is 0 Å². The van der Waals surface area contributed by atoms with Crippen molar-refractivity contribution in [3.8, 4) is 0 Å². The second-order valence-corrected chi connectivity index (χ2v) is 4.80. The first-order valence-electron chi connectivity index (χ1n) is 5.30. The van der Waals surface area contributed by atoms with Crippen molar-refractivity contribution in [3.63, 3.8) is 0 Å². The second-order valence-electron chi connectivity index (χ2n) is 4.26. The van der Waals surface area contributed by atoms with Crippen LogP contribution in [-0.4, -0.2) is 23.5 Å². The summed E-state index contributed by atoms with van der Waals surface area (Å²) in [5, 5.41) is 12.1. The van der Waals surface area contributed by atoms with Gasteiger partial charge in [-0.25, -0.2) is 0 Å². The van der Waals surface area contributed by atoms with Crippen LogP contribution in [0.3, 0.4) is 0 Å². The van der Waals surface area contributed by atoms with Crippen molar-refractivity contribution < 1.29 is 14.7 Å². The SMILES string of the molecule is C=C(Cl)CNC(=O)CC1(C(=O)O)CCCC1. The predicted octanol–water partition coefficient (Wildman–Crippen LogP) is 1.89. The molecule has 0 radical (unpaired) electrons. The molecule has 0 aliphatic heterocycles. The number of carboxylic acid groups (broad SMARTS) is 1. The van der Waals surface area contributed by atoms with E-state index < -0.39 is 11.4 Å². The molecule has 1 fully saturated rings. The molecule has 0 atom stereocenters. The fourth-order valence-corrected chi connectivity index (χ4v) is 2.15. The van der Waals surface area contributed by atoms with Gasteiger partial charge in [0.15, 0.2) is 0 Å². The Morgan fingerprint density at radius 2 is 1.94 bits per heavy atom. The van der Waals surface area contributed by atoms with Gasteiger partial charge >= 0.3 is 5.97 Å². The first kappa shape index (κ1) is 13.0. The Labute approximate surface area is 99.7 Å². The maximum Gasteiger partial charge on any atom is 0.310 e. The van der Waals surface area contributed by atoms with E-state index in [0.29, 0.717) is 17.9 Å². The van der Waals surface area contributed by atoms with Crippen LogP contribution in [-0.2, 0) is 9.59 Å². The summed E-state index contributed by atoms with van der Waals surface area (Å²) < 4.78 is 0. The van der Waals surface area contributed by atoms with Crippen LogP contribution >= 0.6 is 11.6 Å². The minimum atomic E-state index is -0.871. The average Bonchev–Trinajstić information content (AvgIpc) is 2.64. The van der Waals surface area contributed by atoms with E-state index in [1.54, 1.807) is 0 Å². The number of aliphatic carboxylic acids is 1. The van der Waals surface area contributed by atoms with Gasteiger partial charge in [-0.1, -0.05) is 31.0 Å². The van der Waals surface area contributed by atoms with Gasteiger partial charge in [0.05, 0.1) is 12.0 Å². The third-order valence-corrected chi connectivity index (χ3v) is 3.12. The van der Waals surface area contributed by atoms with E-state index in [9.17, 15) is 9.59 Å². The normalized spacial score (nSPS) is 18.1. The molecule has 1 rings (SSSR count). The Balaban J connectivity index is 2.52. The molecule has 1 aliphatic rings. The molecular weight excluding hydrogens is 230 g/mol. The molecular formula is C11H16ClNO3. The minimum Gasteiger partial charge on any atom is -0.481 e. The summed E-state index contributed by atoms with van der Waals surface area (Å²) in [7, 11) is 0. The van der Waals surface area contributed by atoms with Crippen molar-refractivity contribution in [1.29, 1.82) is 0 Å². The molecule has 0 aromatic rings. The third kappa shape index (κ3) is 3.23. The van der Waals surface area contributed by atoms with E-state index in [2.05, 4.69) is 11.9 Å². The highest BCUT2D eigenvalue weighted by atomic mass is 35.5. The summed E-state index contributed by atoms with van der Waals surface area (Å²) in [6.07, 6.45) is 2.95. The Bertz CT molecular complexity index is 308. The van der Waals surface area contributed by atoms with Crippen LogP contribution in [0.5, 0.6) is 0 Å². The van der Waals surface area contributed by atoms with Gasteiger partial charge in [0.25, 0.3) is 0 Å². The fourth-order valence-electron chi connectivity index (χ4n) is 2.08. The first-order chi connectivity index (χ1) is 7.46. The Hall–Kier alpha value is -1.03. The van der Waals surface area contributed by atoms with Gasteiger partial charge in [0.1, 0.15) is 0 Å². The molecule has 0 spiro atoms. The Morgan fingerprint density at radius 1 is 1.38 bits per heavy atom. The lowest BCUT2D eigenvalue weighted by Crippen LogP contribution is -2.36. The molecule has 4 nitrogen and oxygen atoms in total. The van der Waals surface area contributed by atoms with Gasteiger partial charge in [-0.2, -0.15) is 0 Å². The minimum absolute atomic E-state index is 0.0342. The van der Waals surface area contributed by atoms with Crippen molar-refractivity contribution >= 4 is 23.5 Å². The molecule has 0 unspecified atom stereocenters. The van der Waals surface area contributed by atoms with Crippen LogP contribution in [0.15, 0.2) is 11.6 Å². The predicted molar refractivity (Wildman–Crippen MR) is 61.2 cm³/mol. The van der Waals surface area contributed by atoms with Crippen molar-refractivity contribution in [2.45, 2.75) is 32.1 Å². The van der Waals surface area contributed by atoms with E-state index in [1.165, 1.54) is 0 Å². The summed E-state index contributed by atoms with van der Waals surface area (Å²) in [6, 6.07) is 0. The number of amides is 1.